The molecule has 3 aromatic heterocycles. The van der Waals surface area contributed by atoms with Gasteiger partial charge in [-0.05, 0) is 30.7 Å². The topological polar surface area (TPSA) is 79.1 Å². The highest BCUT2D eigenvalue weighted by Gasteiger charge is 2.36. The van der Waals surface area contributed by atoms with Gasteiger partial charge in [-0.3, -0.25) is 4.40 Å². The Labute approximate surface area is 122 Å². The van der Waals surface area contributed by atoms with Gasteiger partial charge in [-0.2, -0.15) is 0 Å². The van der Waals surface area contributed by atoms with Crippen molar-refractivity contribution < 1.29 is 5.11 Å². The quantitative estimate of drug-likeness (QED) is 0.772. The van der Waals surface area contributed by atoms with Gasteiger partial charge >= 0.3 is 0 Å². The van der Waals surface area contributed by atoms with Gasteiger partial charge in [-0.25, -0.2) is 4.98 Å². The van der Waals surface area contributed by atoms with Crippen LogP contribution >= 0.6 is 0 Å². The van der Waals surface area contributed by atoms with Gasteiger partial charge in [-0.1, -0.05) is 13.3 Å². The maximum absolute atomic E-state index is 9.49. The summed E-state index contributed by atoms with van der Waals surface area (Å²) >= 11 is 0. The molecule has 6 heteroatoms. The molecule has 0 saturated heterocycles. The van der Waals surface area contributed by atoms with Crippen molar-refractivity contribution in [2.24, 2.45) is 11.8 Å². The molecule has 3 aromatic rings. The van der Waals surface area contributed by atoms with E-state index in [1.54, 1.807) is 6.20 Å². The van der Waals surface area contributed by atoms with E-state index in [-0.39, 0.29) is 6.61 Å². The fourth-order valence-corrected chi connectivity index (χ4v) is 3.79. The number of rotatable bonds is 3. The average molecular weight is 285 g/mol. The molecular weight excluding hydrogens is 266 g/mol. The fourth-order valence-electron chi connectivity index (χ4n) is 3.79. The van der Waals surface area contributed by atoms with Gasteiger partial charge in [0.05, 0.1) is 11.7 Å². The summed E-state index contributed by atoms with van der Waals surface area (Å²) in [6, 6.07) is 2.02. The van der Waals surface area contributed by atoms with Crippen molar-refractivity contribution in [1.29, 1.82) is 0 Å². The van der Waals surface area contributed by atoms with E-state index >= 15 is 0 Å². The summed E-state index contributed by atoms with van der Waals surface area (Å²) in [4.78, 5) is 7.50. The van der Waals surface area contributed by atoms with E-state index in [1.165, 1.54) is 0 Å². The minimum Gasteiger partial charge on any atom is -0.396 e. The molecule has 0 amide bonds. The van der Waals surface area contributed by atoms with Crippen LogP contribution in [0.3, 0.4) is 0 Å². The van der Waals surface area contributed by atoms with Crippen LogP contribution in [0.5, 0.6) is 0 Å². The maximum atomic E-state index is 9.49. The highest BCUT2D eigenvalue weighted by molar-refractivity contribution is 5.74. The lowest BCUT2D eigenvalue weighted by Crippen LogP contribution is -2.09. The number of aromatic amines is 1. The van der Waals surface area contributed by atoms with Gasteiger partial charge in [-0.15, -0.1) is 10.2 Å². The highest BCUT2D eigenvalue weighted by Crippen LogP contribution is 2.44. The Balaban J connectivity index is 1.88. The van der Waals surface area contributed by atoms with Crippen molar-refractivity contribution in [3.05, 3.63) is 24.3 Å². The number of hydrogen-bond acceptors (Lipinski definition) is 4. The Hall–Kier alpha value is -1.95. The first-order valence-corrected chi connectivity index (χ1v) is 7.59. The molecule has 21 heavy (non-hydrogen) atoms. The summed E-state index contributed by atoms with van der Waals surface area (Å²) in [5.74, 6) is 2.33. The van der Waals surface area contributed by atoms with E-state index in [0.29, 0.717) is 17.8 Å². The Kier molecular flexibility index (Phi) is 2.92. The van der Waals surface area contributed by atoms with Crippen LogP contribution in [0.2, 0.25) is 0 Å². The van der Waals surface area contributed by atoms with E-state index in [9.17, 15) is 5.11 Å². The van der Waals surface area contributed by atoms with Crippen LogP contribution in [0.25, 0.3) is 16.8 Å². The monoisotopic (exact) mass is 285 g/mol. The van der Waals surface area contributed by atoms with Crippen LogP contribution in [0.1, 0.15) is 37.9 Å². The van der Waals surface area contributed by atoms with Crippen molar-refractivity contribution in [2.75, 3.05) is 6.61 Å². The number of nitrogens with zero attached hydrogens (tertiary/aromatic N) is 4. The van der Waals surface area contributed by atoms with E-state index < -0.39 is 0 Å². The smallest absolute Gasteiger partial charge is 0.179 e. The Morgan fingerprint density at radius 3 is 3.10 bits per heavy atom. The first kappa shape index (κ1) is 12.8. The van der Waals surface area contributed by atoms with Crippen molar-refractivity contribution in [2.45, 2.75) is 32.1 Å². The zero-order chi connectivity index (χ0) is 14.4. The molecule has 2 N–H and O–H groups in total. The molecule has 0 radical (unpaired) electrons. The van der Waals surface area contributed by atoms with E-state index in [0.717, 1.165) is 41.9 Å². The minimum atomic E-state index is 0.269. The third kappa shape index (κ3) is 1.86. The zero-order valence-corrected chi connectivity index (χ0v) is 12.0. The molecule has 0 bridgehead atoms. The number of aliphatic hydroxyl groups excluding tert-OH is 1. The van der Waals surface area contributed by atoms with Gasteiger partial charge in [0.2, 0.25) is 0 Å². The largest absolute Gasteiger partial charge is 0.396 e. The number of nitrogens with one attached hydrogen (secondary N) is 1. The van der Waals surface area contributed by atoms with E-state index in [4.69, 9.17) is 0 Å². The molecule has 3 atom stereocenters. The van der Waals surface area contributed by atoms with Crippen LogP contribution < -0.4 is 0 Å². The second kappa shape index (κ2) is 4.80. The van der Waals surface area contributed by atoms with Gasteiger partial charge < -0.3 is 10.1 Å². The molecule has 3 heterocycles. The van der Waals surface area contributed by atoms with Crippen molar-refractivity contribution in [3.63, 3.8) is 0 Å². The average Bonchev–Trinajstić information content (AvgIpc) is 3.22. The van der Waals surface area contributed by atoms with E-state index in [1.807, 2.05) is 12.3 Å². The first-order valence-electron chi connectivity index (χ1n) is 7.59. The standard InChI is InChI=1S/C15H19N5O/c1-2-10-5-9(8-21)6-11(10)15-19-18-13-7-17-14-12(20(13)15)3-4-16-14/h3-4,7,9-11,16,21H,2,5-6,8H2,1H3/t9?,10-,11+/m0/s1. The lowest BCUT2D eigenvalue weighted by molar-refractivity contribution is 0.225. The minimum absolute atomic E-state index is 0.269. The molecule has 1 aliphatic carbocycles. The summed E-state index contributed by atoms with van der Waals surface area (Å²) in [6.45, 7) is 2.49. The molecule has 4 rings (SSSR count). The number of hydrogen-bond donors (Lipinski definition) is 2. The second-order valence-corrected chi connectivity index (χ2v) is 6.02. The highest BCUT2D eigenvalue weighted by atomic mass is 16.3. The molecule has 0 spiro atoms. The third-order valence-corrected chi connectivity index (χ3v) is 4.87. The molecule has 1 saturated carbocycles. The second-order valence-electron chi connectivity index (χ2n) is 6.02. The predicted octanol–water partition coefficient (Wildman–Crippen LogP) is 2.12. The van der Waals surface area contributed by atoms with Crippen molar-refractivity contribution >= 4 is 16.8 Å². The molecule has 1 aliphatic rings. The van der Waals surface area contributed by atoms with Gasteiger partial charge in [0, 0.05) is 18.7 Å². The molecule has 6 nitrogen and oxygen atoms in total. The maximum Gasteiger partial charge on any atom is 0.179 e. The van der Waals surface area contributed by atoms with Crippen LogP contribution in [0, 0.1) is 11.8 Å². The van der Waals surface area contributed by atoms with E-state index in [2.05, 4.69) is 31.5 Å². The zero-order valence-electron chi connectivity index (χ0n) is 12.0. The number of H-pyrrole nitrogens is 1. The number of aliphatic hydroxyl groups is 1. The lowest BCUT2D eigenvalue weighted by Gasteiger charge is -2.16. The van der Waals surface area contributed by atoms with Gasteiger partial charge in [0.15, 0.2) is 11.3 Å². The third-order valence-electron chi connectivity index (χ3n) is 4.87. The summed E-state index contributed by atoms with van der Waals surface area (Å²) in [5, 5.41) is 18.2. The molecular formula is C15H19N5O. The SMILES string of the molecule is CC[C@H]1CC(CO)C[C@H]1c1nnc2cnc3[nH]ccc3n12. The fraction of sp³-hybridized carbons (Fsp3) is 0.533. The molecule has 1 fully saturated rings. The lowest BCUT2D eigenvalue weighted by atomic mass is 9.93. The molecule has 0 aliphatic heterocycles. The van der Waals surface area contributed by atoms with Gasteiger partial charge in [0.25, 0.3) is 0 Å². The molecule has 0 aromatic carbocycles. The predicted molar refractivity (Wildman–Crippen MR) is 79.0 cm³/mol. The van der Waals surface area contributed by atoms with Crippen molar-refractivity contribution in [1.82, 2.24) is 24.6 Å². The van der Waals surface area contributed by atoms with Crippen LogP contribution in [-0.2, 0) is 0 Å². The molecule has 110 valence electrons. The Bertz CT molecular complexity index is 777. The van der Waals surface area contributed by atoms with Gasteiger partial charge in [0.1, 0.15) is 5.82 Å². The number of fused-ring (bicyclic) bond motifs is 3. The summed E-state index contributed by atoms with van der Waals surface area (Å²) < 4.78 is 2.12. The molecule has 1 unspecified atom stereocenters. The first-order chi connectivity index (χ1) is 10.3. The van der Waals surface area contributed by atoms with Crippen molar-refractivity contribution in [3.8, 4) is 0 Å². The summed E-state index contributed by atoms with van der Waals surface area (Å²) in [6.07, 6.45) is 6.83. The van der Waals surface area contributed by atoms with Crippen LogP contribution in [0.15, 0.2) is 18.5 Å². The number of aromatic nitrogens is 5. The van der Waals surface area contributed by atoms with Crippen LogP contribution in [0.4, 0.5) is 0 Å². The Morgan fingerprint density at radius 2 is 2.29 bits per heavy atom. The normalized spacial score (nSPS) is 26.1. The van der Waals surface area contributed by atoms with Crippen LogP contribution in [-0.4, -0.2) is 36.3 Å². The summed E-state index contributed by atoms with van der Waals surface area (Å²) in [7, 11) is 0. The summed E-state index contributed by atoms with van der Waals surface area (Å²) in [5.41, 5.74) is 2.67. The Morgan fingerprint density at radius 1 is 1.38 bits per heavy atom.